The standard InChI is InChI=1S/C15H14O3/c1-4-15(2,3)18-13-9-12(16)10-7-5-6-8-11(10)14(13)17/h4-9H,1H2,2-3H3. The summed E-state index contributed by atoms with van der Waals surface area (Å²) in [6.07, 6.45) is 2.84. The lowest BCUT2D eigenvalue weighted by Crippen LogP contribution is -2.27. The van der Waals surface area contributed by atoms with Crippen LogP contribution in [-0.4, -0.2) is 17.2 Å². The van der Waals surface area contributed by atoms with Crippen LogP contribution >= 0.6 is 0 Å². The van der Waals surface area contributed by atoms with Gasteiger partial charge in [-0.2, -0.15) is 0 Å². The van der Waals surface area contributed by atoms with E-state index in [0.717, 1.165) is 0 Å². The molecule has 0 atom stereocenters. The molecule has 3 nitrogen and oxygen atoms in total. The summed E-state index contributed by atoms with van der Waals surface area (Å²) < 4.78 is 5.54. The third kappa shape index (κ3) is 2.12. The van der Waals surface area contributed by atoms with Gasteiger partial charge in [0.25, 0.3) is 0 Å². The molecule has 92 valence electrons. The van der Waals surface area contributed by atoms with Crippen LogP contribution in [0, 0.1) is 0 Å². The zero-order chi connectivity index (χ0) is 13.3. The van der Waals surface area contributed by atoms with E-state index >= 15 is 0 Å². The summed E-state index contributed by atoms with van der Waals surface area (Å²) >= 11 is 0. The van der Waals surface area contributed by atoms with E-state index < -0.39 is 5.60 Å². The number of carbonyl (C=O) groups excluding carboxylic acids is 2. The van der Waals surface area contributed by atoms with E-state index in [2.05, 4.69) is 6.58 Å². The number of ether oxygens (including phenoxy) is 1. The average Bonchev–Trinajstić information content (AvgIpc) is 2.35. The first kappa shape index (κ1) is 12.3. The molecule has 0 heterocycles. The minimum atomic E-state index is -0.686. The summed E-state index contributed by atoms with van der Waals surface area (Å²) in [5.41, 5.74) is 0.125. The van der Waals surface area contributed by atoms with Gasteiger partial charge in [0, 0.05) is 17.2 Å². The molecule has 1 aromatic carbocycles. The molecule has 0 bridgehead atoms. The highest BCUT2D eigenvalue weighted by atomic mass is 16.5. The number of benzene rings is 1. The molecule has 0 aliphatic heterocycles. The summed E-state index contributed by atoms with van der Waals surface area (Å²) in [4.78, 5) is 24.1. The number of fused-ring (bicyclic) bond motifs is 1. The van der Waals surface area contributed by atoms with Crippen molar-refractivity contribution in [3.63, 3.8) is 0 Å². The third-order valence-electron chi connectivity index (χ3n) is 2.79. The largest absolute Gasteiger partial charge is 0.480 e. The molecule has 1 aliphatic carbocycles. The number of hydrogen-bond donors (Lipinski definition) is 0. The Hall–Kier alpha value is -2.16. The number of Topliss-reactive ketones (excluding diaryl/α,β-unsaturated/α-hetero) is 1. The maximum atomic E-state index is 12.2. The smallest absolute Gasteiger partial charge is 0.228 e. The number of rotatable bonds is 3. The van der Waals surface area contributed by atoms with Gasteiger partial charge in [-0.3, -0.25) is 9.59 Å². The number of carbonyl (C=O) groups is 2. The minimum absolute atomic E-state index is 0.0728. The van der Waals surface area contributed by atoms with Crippen molar-refractivity contribution < 1.29 is 14.3 Å². The second-order valence-electron chi connectivity index (χ2n) is 4.66. The van der Waals surface area contributed by atoms with Crippen molar-refractivity contribution in [3.05, 3.63) is 59.9 Å². The van der Waals surface area contributed by atoms with E-state index in [4.69, 9.17) is 4.74 Å². The van der Waals surface area contributed by atoms with Crippen LogP contribution in [0.3, 0.4) is 0 Å². The van der Waals surface area contributed by atoms with E-state index in [9.17, 15) is 9.59 Å². The van der Waals surface area contributed by atoms with Crippen LogP contribution in [0.5, 0.6) is 0 Å². The maximum absolute atomic E-state index is 12.2. The molecule has 18 heavy (non-hydrogen) atoms. The Labute approximate surface area is 106 Å². The fraction of sp³-hybridized carbons (Fsp3) is 0.200. The molecular weight excluding hydrogens is 228 g/mol. The quantitative estimate of drug-likeness (QED) is 0.765. The molecule has 0 fully saturated rings. The van der Waals surface area contributed by atoms with Crippen molar-refractivity contribution in [2.24, 2.45) is 0 Å². The highest BCUT2D eigenvalue weighted by Gasteiger charge is 2.29. The molecule has 0 radical (unpaired) electrons. The van der Waals surface area contributed by atoms with Crippen LogP contribution in [0.15, 0.2) is 48.8 Å². The van der Waals surface area contributed by atoms with Crippen molar-refractivity contribution >= 4 is 11.6 Å². The van der Waals surface area contributed by atoms with Crippen molar-refractivity contribution in [3.8, 4) is 0 Å². The lowest BCUT2D eigenvalue weighted by molar-refractivity contribution is 0.0586. The Morgan fingerprint density at radius 3 is 2.39 bits per heavy atom. The fourth-order valence-corrected chi connectivity index (χ4v) is 1.69. The zero-order valence-electron chi connectivity index (χ0n) is 10.4. The van der Waals surface area contributed by atoms with E-state index in [0.29, 0.717) is 11.1 Å². The molecule has 2 rings (SSSR count). The summed E-state index contributed by atoms with van der Waals surface area (Å²) in [6, 6.07) is 6.73. The van der Waals surface area contributed by atoms with Crippen LogP contribution in [0.1, 0.15) is 34.6 Å². The van der Waals surface area contributed by atoms with Crippen molar-refractivity contribution in [2.45, 2.75) is 19.4 Å². The average molecular weight is 242 g/mol. The summed E-state index contributed by atoms with van der Waals surface area (Å²) in [7, 11) is 0. The van der Waals surface area contributed by atoms with E-state index in [1.807, 2.05) is 0 Å². The highest BCUT2D eigenvalue weighted by Crippen LogP contribution is 2.25. The molecule has 1 aromatic rings. The minimum Gasteiger partial charge on any atom is -0.480 e. The molecule has 0 saturated carbocycles. The van der Waals surface area contributed by atoms with Gasteiger partial charge in [0.15, 0.2) is 11.5 Å². The predicted molar refractivity (Wildman–Crippen MR) is 68.5 cm³/mol. The molecule has 1 aliphatic rings. The van der Waals surface area contributed by atoms with Gasteiger partial charge in [-0.15, -0.1) is 0 Å². The molecule has 0 amide bonds. The van der Waals surface area contributed by atoms with Gasteiger partial charge in [-0.25, -0.2) is 0 Å². The van der Waals surface area contributed by atoms with Crippen molar-refractivity contribution in [1.29, 1.82) is 0 Å². The summed E-state index contributed by atoms with van der Waals surface area (Å²) in [6.45, 7) is 7.19. The van der Waals surface area contributed by atoms with Gasteiger partial charge in [0.1, 0.15) is 5.60 Å². The highest BCUT2D eigenvalue weighted by molar-refractivity contribution is 6.23. The van der Waals surface area contributed by atoms with Gasteiger partial charge in [0.05, 0.1) is 0 Å². The SMILES string of the molecule is C=CC(C)(C)OC1=CC(=O)c2ccccc2C1=O. The second-order valence-corrected chi connectivity index (χ2v) is 4.66. The number of ketones is 2. The Morgan fingerprint density at radius 1 is 1.17 bits per heavy atom. The number of allylic oxidation sites excluding steroid dienone is 2. The Kier molecular flexibility index (Phi) is 2.91. The topological polar surface area (TPSA) is 43.4 Å². The molecule has 0 saturated heterocycles. The van der Waals surface area contributed by atoms with Crippen LogP contribution in [-0.2, 0) is 4.74 Å². The van der Waals surface area contributed by atoms with E-state index in [1.165, 1.54) is 6.08 Å². The van der Waals surface area contributed by atoms with Gasteiger partial charge in [-0.1, -0.05) is 30.8 Å². The van der Waals surface area contributed by atoms with Crippen LogP contribution in [0.2, 0.25) is 0 Å². The molecule has 0 N–H and O–H groups in total. The van der Waals surface area contributed by atoms with Crippen LogP contribution in [0.25, 0.3) is 0 Å². The molecule has 3 heteroatoms. The second kappa shape index (κ2) is 4.26. The number of hydrogen-bond acceptors (Lipinski definition) is 3. The lowest BCUT2D eigenvalue weighted by atomic mass is 9.93. The Morgan fingerprint density at radius 2 is 1.78 bits per heavy atom. The van der Waals surface area contributed by atoms with Crippen LogP contribution in [0.4, 0.5) is 0 Å². The zero-order valence-corrected chi connectivity index (χ0v) is 10.4. The van der Waals surface area contributed by atoms with Gasteiger partial charge >= 0.3 is 0 Å². The molecular formula is C15H14O3. The van der Waals surface area contributed by atoms with Crippen LogP contribution < -0.4 is 0 Å². The van der Waals surface area contributed by atoms with Crippen molar-refractivity contribution in [2.75, 3.05) is 0 Å². The third-order valence-corrected chi connectivity index (χ3v) is 2.79. The van der Waals surface area contributed by atoms with E-state index in [1.54, 1.807) is 44.2 Å². The predicted octanol–water partition coefficient (Wildman–Crippen LogP) is 2.93. The lowest BCUT2D eigenvalue weighted by Gasteiger charge is -2.25. The Bertz CT molecular complexity index is 565. The van der Waals surface area contributed by atoms with Gasteiger partial charge in [-0.05, 0) is 19.9 Å². The molecule has 0 spiro atoms. The first-order valence-electron chi connectivity index (χ1n) is 5.67. The summed E-state index contributed by atoms with van der Waals surface area (Å²) in [5.74, 6) is -0.399. The van der Waals surface area contributed by atoms with Crippen molar-refractivity contribution in [1.82, 2.24) is 0 Å². The van der Waals surface area contributed by atoms with E-state index in [-0.39, 0.29) is 17.3 Å². The maximum Gasteiger partial charge on any atom is 0.228 e. The Balaban J connectivity index is 2.40. The monoisotopic (exact) mass is 242 g/mol. The normalized spacial score (nSPS) is 14.9. The molecule has 0 unspecified atom stereocenters. The molecule has 0 aromatic heterocycles. The first-order chi connectivity index (χ1) is 8.44. The summed E-state index contributed by atoms with van der Waals surface area (Å²) in [5, 5.41) is 0. The first-order valence-corrected chi connectivity index (χ1v) is 5.67. The fourth-order valence-electron chi connectivity index (χ4n) is 1.69. The van der Waals surface area contributed by atoms with Gasteiger partial charge < -0.3 is 4.74 Å². The van der Waals surface area contributed by atoms with Gasteiger partial charge in [0.2, 0.25) is 5.78 Å².